The maximum Gasteiger partial charge on any atom is 0.260 e. The predicted molar refractivity (Wildman–Crippen MR) is 81.8 cm³/mol. The number of furan rings is 1. The van der Waals surface area contributed by atoms with E-state index in [1.807, 2.05) is 0 Å². The number of aryl methyl sites for hydroxylation is 1. The van der Waals surface area contributed by atoms with E-state index in [-0.39, 0.29) is 4.90 Å². The van der Waals surface area contributed by atoms with Crippen molar-refractivity contribution in [3.05, 3.63) is 46.3 Å². The summed E-state index contributed by atoms with van der Waals surface area (Å²) in [6, 6.07) is 6.03. The van der Waals surface area contributed by atoms with Crippen LogP contribution in [0.15, 0.2) is 44.5 Å². The van der Waals surface area contributed by atoms with Crippen LogP contribution in [0, 0.1) is 6.92 Å². The zero-order valence-electron chi connectivity index (χ0n) is 11.3. The Labute approximate surface area is 130 Å². The van der Waals surface area contributed by atoms with Crippen molar-refractivity contribution in [1.82, 2.24) is 4.72 Å². The summed E-state index contributed by atoms with van der Waals surface area (Å²) in [4.78, 5) is 12.2. The number of amides is 1. The van der Waals surface area contributed by atoms with Gasteiger partial charge in [0, 0.05) is 5.69 Å². The first kappa shape index (κ1) is 15.7. The molecular formula is C13H13BrN2O4S. The molecule has 0 atom stereocenters. The van der Waals surface area contributed by atoms with Gasteiger partial charge in [0.15, 0.2) is 4.67 Å². The summed E-state index contributed by atoms with van der Waals surface area (Å²) in [5.41, 5.74) is 1.50. The Kier molecular flexibility index (Phi) is 4.50. The highest BCUT2D eigenvalue weighted by Crippen LogP contribution is 2.23. The number of carbonyl (C=O) groups is 1. The lowest BCUT2D eigenvalue weighted by molar-refractivity contribution is 0.102. The molecule has 0 bridgehead atoms. The van der Waals surface area contributed by atoms with Gasteiger partial charge in [-0.1, -0.05) is 6.07 Å². The molecule has 0 aliphatic carbocycles. The second-order valence-corrected chi connectivity index (χ2v) is 6.85. The fourth-order valence-electron chi connectivity index (χ4n) is 1.67. The number of nitrogens with one attached hydrogen (secondary N) is 2. The molecule has 112 valence electrons. The zero-order valence-corrected chi connectivity index (χ0v) is 13.7. The summed E-state index contributed by atoms with van der Waals surface area (Å²) in [6.45, 7) is 1.77. The fourth-order valence-corrected chi connectivity index (χ4v) is 2.84. The number of halogens is 1. The molecule has 0 radical (unpaired) electrons. The Bertz CT molecular complexity index is 783. The first-order chi connectivity index (χ1) is 9.85. The van der Waals surface area contributed by atoms with Crippen LogP contribution in [0.1, 0.15) is 15.9 Å². The maximum atomic E-state index is 12.1. The van der Waals surface area contributed by atoms with Crippen LogP contribution in [0.2, 0.25) is 0 Å². The van der Waals surface area contributed by atoms with Gasteiger partial charge in [-0.2, -0.15) is 0 Å². The van der Waals surface area contributed by atoms with E-state index in [2.05, 4.69) is 26.0 Å². The van der Waals surface area contributed by atoms with Crippen molar-refractivity contribution in [3.63, 3.8) is 0 Å². The molecule has 1 aromatic heterocycles. The Morgan fingerprint density at radius 3 is 2.57 bits per heavy atom. The number of benzene rings is 1. The Hall–Kier alpha value is -1.64. The Morgan fingerprint density at radius 1 is 1.29 bits per heavy atom. The lowest BCUT2D eigenvalue weighted by atomic mass is 10.2. The summed E-state index contributed by atoms with van der Waals surface area (Å²) in [7, 11) is -2.23. The quantitative estimate of drug-likeness (QED) is 0.862. The molecule has 8 heteroatoms. The molecular weight excluding hydrogens is 360 g/mol. The number of hydrogen-bond acceptors (Lipinski definition) is 4. The van der Waals surface area contributed by atoms with Crippen LogP contribution < -0.4 is 10.0 Å². The summed E-state index contributed by atoms with van der Waals surface area (Å²) >= 11 is 3.12. The highest BCUT2D eigenvalue weighted by molar-refractivity contribution is 9.10. The molecule has 2 aromatic rings. The third-order valence-corrected chi connectivity index (χ3v) is 4.92. The minimum Gasteiger partial charge on any atom is -0.457 e. The van der Waals surface area contributed by atoms with Gasteiger partial charge >= 0.3 is 0 Å². The van der Waals surface area contributed by atoms with Crippen molar-refractivity contribution in [2.24, 2.45) is 0 Å². The Balaban J connectivity index is 2.34. The second-order valence-electron chi connectivity index (χ2n) is 4.25. The van der Waals surface area contributed by atoms with E-state index in [0.29, 0.717) is 15.9 Å². The average Bonchev–Trinajstić information content (AvgIpc) is 2.87. The number of hydrogen-bond donors (Lipinski definition) is 2. The van der Waals surface area contributed by atoms with Crippen molar-refractivity contribution in [2.45, 2.75) is 11.8 Å². The fraction of sp³-hybridized carbons (Fsp3) is 0.154. The SMILES string of the molecule is CNS(=O)(=O)c1ccc(C)c(NC(=O)c2ccoc2Br)c1. The minimum atomic E-state index is -3.56. The van der Waals surface area contributed by atoms with Crippen LogP contribution >= 0.6 is 15.9 Å². The summed E-state index contributed by atoms with van der Waals surface area (Å²) in [5.74, 6) is -0.391. The van der Waals surface area contributed by atoms with Crippen molar-refractivity contribution in [2.75, 3.05) is 12.4 Å². The highest BCUT2D eigenvalue weighted by atomic mass is 79.9. The predicted octanol–water partition coefficient (Wildman–Crippen LogP) is 2.51. The molecule has 2 rings (SSSR count). The molecule has 2 N–H and O–H groups in total. The van der Waals surface area contributed by atoms with Crippen molar-refractivity contribution in [1.29, 1.82) is 0 Å². The van der Waals surface area contributed by atoms with Crippen LogP contribution in [-0.4, -0.2) is 21.4 Å². The van der Waals surface area contributed by atoms with Gasteiger partial charge in [-0.3, -0.25) is 4.79 Å². The van der Waals surface area contributed by atoms with Crippen LogP contribution in [-0.2, 0) is 10.0 Å². The van der Waals surface area contributed by atoms with Crippen molar-refractivity contribution in [3.8, 4) is 0 Å². The summed E-state index contributed by atoms with van der Waals surface area (Å²) < 4.78 is 31.1. The molecule has 0 saturated carbocycles. The highest BCUT2D eigenvalue weighted by Gasteiger charge is 2.16. The van der Waals surface area contributed by atoms with Gasteiger partial charge in [-0.05, 0) is 53.7 Å². The standard InChI is InChI=1S/C13H13BrN2O4S/c1-8-3-4-9(21(18,19)15-2)7-11(8)16-13(17)10-5-6-20-12(10)14/h3-7,15H,1-2H3,(H,16,17). The largest absolute Gasteiger partial charge is 0.457 e. The number of rotatable bonds is 4. The van der Waals surface area contributed by atoms with Gasteiger partial charge < -0.3 is 9.73 Å². The zero-order chi connectivity index (χ0) is 15.6. The topological polar surface area (TPSA) is 88.4 Å². The minimum absolute atomic E-state index is 0.0807. The van der Waals surface area contributed by atoms with Crippen LogP contribution in [0.25, 0.3) is 0 Å². The second kappa shape index (κ2) is 6.00. The monoisotopic (exact) mass is 372 g/mol. The average molecular weight is 373 g/mol. The van der Waals surface area contributed by atoms with E-state index in [9.17, 15) is 13.2 Å². The number of sulfonamides is 1. The Morgan fingerprint density at radius 2 is 2.00 bits per heavy atom. The number of carbonyl (C=O) groups excluding carboxylic acids is 1. The first-order valence-electron chi connectivity index (χ1n) is 5.93. The van der Waals surface area contributed by atoms with E-state index in [1.54, 1.807) is 13.0 Å². The molecule has 0 saturated heterocycles. The molecule has 0 fully saturated rings. The summed E-state index contributed by atoms with van der Waals surface area (Å²) in [5, 5.41) is 2.67. The lowest BCUT2D eigenvalue weighted by Gasteiger charge is -2.10. The lowest BCUT2D eigenvalue weighted by Crippen LogP contribution is -2.19. The normalized spacial score (nSPS) is 11.4. The van der Waals surface area contributed by atoms with Gasteiger partial charge in [0.05, 0.1) is 16.7 Å². The molecule has 21 heavy (non-hydrogen) atoms. The smallest absolute Gasteiger partial charge is 0.260 e. The van der Waals surface area contributed by atoms with Crippen LogP contribution in [0.4, 0.5) is 5.69 Å². The van der Waals surface area contributed by atoms with Crippen molar-refractivity contribution >= 4 is 37.5 Å². The van der Waals surface area contributed by atoms with E-state index in [0.717, 1.165) is 5.56 Å². The molecule has 0 aliphatic heterocycles. The van der Waals surface area contributed by atoms with Crippen molar-refractivity contribution < 1.29 is 17.6 Å². The third kappa shape index (κ3) is 3.34. The van der Waals surface area contributed by atoms with E-state index in [1.165, 1.54) is 31.5 Å². The third-order valence-electron chi connectivity index (χ3n) is 2.90. The van der Waals surface area contributed by atoms with Crippen LogP contribution in [0.3, 0.4) is 0 Å². The van der Waals surface area contributed by atoms with E-state index >= 15 is 0 Å². The van der Waals surface area contributed by atoms with Gasteiger partial charge in [-0.15, -0.1) is 0 Å². The maximum absolute atomic E-state index is 12.1. The van der Waals surface area contributed by atoms with Gasteiger partial charge in [0.1, 0.15) is 0 Å². The number of anilines is 1. The van der Waals surface area contributed by atoms with E-state index < -0.39 is 15.9 Å². The van der Waals surface area contributed by atoms with Gasteiger partial charge in [0.25, 0.3) is 5.91 Å². The van der Waals surface area contributed by atoms with Gasteiger partial charge in [0.2, 0.25) is 10.0 Å². The molecule has 1 heterocycles. The van der Waals surface area contributed by atoms with E-state index in [4.69, 9.17) is 4.42 Å². The molecule has 0 aliphatic rings. The first-order valence-corrected chi connectivity index (χ1v) is 8.21. The molecule has 0 spiro atoms. The molecule has 1 amide bonds. The van der Waals surface area contributed by atoms with Crippen LogP contribution in [0.5, 0.6) is 0 Å². The molecule has 0 unspecified atom stereocenters. The molecule has 1 aromatic carbocycles. The molecule has 6 nitrogen and oxygen atoms in total. The summed E-state index contributed by atoms with van der Waals surface area (Å²) in [6.07, 6.45) is 1.38. The van der Waals surface area contributed by atoms with Gasteiger partial charge in [-0.25, -0.2) is 13.1 Å².